The van der Waals surface area contributed by atoms with E-state index in [1.165, 1.54) is 0 Å². The van der Waals surface area contributed by atoms with Crippen molar-refractivity contribution >= 4 is 5.91 Å². The van der Waals surface area contributed by atoms with Crippen LogP contribution in [0.3, 0.4) is 0 Å². The fourth-order valence-corrected chi connectivity index (χ4v) is 1.78. The molecule has 1 fully saturated rings. The number of carbonyl (C=O) groups excluding carboxylic acids is 1. The van der Waals surface area contributed by atoms with Crippen molar-refractivity contribution in [1.29, 1.82) is 0 Å². The minimum absolute atomic E-state index is 0.0309. The number of carbonyl (C=O) groups is 1. The Morgan fingerprint density at radius 3 is 2.78 bits per heavy atom. The number of ether oxygens (including phenoxy) is 2. The van der Waals surface area contributed by atoms with E-state index in [0.717, 1.165) is 11.3 Å². The zero-order valence-electron chi connectivity index (χ0n) is 10.3. The van der Waals surface area contributed by atoms with Crippen molar-refractivity contribution in [3.05, 3.63) is 29.8 Å². The molecule has 1 aliphatic rings. The maximum Gasteiger partial charge on any atom is 0.248 e. The van der Waals surface area contributed by atoms with Gasteiger partial charge in [-0.2, -0.15) is 0 Å². The maximum atomic E-state index is 11.5. The van der Waals surface area contributed by atoms with Crippen molar-refractivity contribution in [2.75, 3.05) is 32.9 Å². The van der Waals surface area contributed by atoms with Gasteiger partial charge in [0.05, 0.1) is 13.2 Å². The van der Waals surface area contributed by atoms with Gasteiger partial charge in [0, 0.05) is 13.1 Å². The van der Waals surface area contributed by atoms with Crippen molar-refractivity contribution in [3.63, 3.8) is 0 Å². The second-order valence-electron chi connectivity index (χ2n) is 4.13. The molecule has 0 bridgehead atoms. The Balaban J connectivity index is 1.75. The highest BCUT2D eigenvalue weighted by atomic mass is 16.5. The van der Waals surface area contributed by atoms with Gasteiger partial charge in [0.25, 0.3) is 0 Å². The van der Waals surface area contributed by atoms with Crippen LogP contribution in [0.5, 0.6) is 5.75 Å². The van der Waals surface area contributed by atoms with E-state index in [4.69, 9.17) is 15.2 Å². The molecule has 18 heavy (non-hydrogen) atoms. The van der Waals surface area contributed by atoms with Gasteiger partial charge in [-0.3, -0.25) is 4.79 Å². The van der Waals surface area contributed by atoms with Crippen molar-refractivity contribution in [1.82, 2.24) is 4.90 Å². The maximum absolute atomic E-state index is 11.5. The number of hydrogen-bond acceptors (Lipinski definition) is 4. The van der Waals surface area contributed by atoms with Crippen LogP contribution in [-0.4, -0.2) is 43.7 Å². The molecule has 1 aromatic carbocycles. The summed E-state index contributed by atoms with van der Waals surface area (Å²) < 4.78 is 10.6. The third kappa shape index (κ3) is 3.45. The van der Waals surface area contributed by atoms with Gasteiger partial charge in [0.2, 0.25) is 5.91 Å². The molecule has 5 nitrogen and oxygen atoms in total. The van der Waals surface area contributed by atoms with E-state index in [-0.39, 0.29) is 12.5 Å². The van der Waals surface area contributed by atoms with Gasteiger partial charge in [-0.25, -0.2) is 0 Å². The van der Waals surface area contributed by atoms with E-state index in [1.54, 1.807) is 4.90 Å². The highest BCUT2D eigenvalue weighted by molar-refractivity contribution is 5.77. The quantitative estimate of drug-likeness (QED) is 0.820. The summed E-state index contributed by atoms with van der Waals surface area (Å²) in [6, 6.07) is 7.66. The number of rotatable bonds is 5. The summed E-state index contributed by atoms with van der Waals surface area (Å²) in [6.45, 7) is 3.06. The molecular formula is C13H18N2O3. The van der Waals surface area contributed by atoms with Gasteiger partial charge in [-0.1, -0.05) is 12.1 Å². The average molecular weight is 250 g/mol. The van der Waals surface area contributed by atoms with Crippen LogP contribution in [-0.2, 0) is 16.1 Å². The fourth-order valence-electron chi connectivity index (χ4n) is 1.78. The van der Waals surface area contributed by atoms with Gasteiger partial charge in [0.1, 0.15) is 19.0 Å². The van der Waals surface area contributed by atoms with Gasteiger partial charge in [-0.05, 0) is 17.7 Å². The van der Waals surface area contributed by atoms with Crippen molar-refractivity contribution in [2.24, 2.45) is 5.73 Å². The first-order chi connectivity index (χ1) is 8.79. The first-order valence-electron chi connectivity index (χ1n) is 6.07. The molecular weight excluding hydrogens is 232 g/mol. The largest absolute Gasteiger partial charge is 0.492 e. The summed E-state index contributed by atoms with van der Waals surface area (Å²) in [5, 5.41) is 0. The Labute approximate surface area is 106 Å². The number of hydrogen-bond donors (Lipinski definition) is 1. The van der Waals surface area contributed by atoms with E-state index in [9.17, 15) is 4.79 Å². The summed E-state index contributed by atoms with van der Waals surface area (Å²) in [6.07, 6.45) is 0. The second kappa shape index (κ2) is 6.37. The molecule has 5 heteroatoms. The molecule has 2 N–H and O–H groups in total. The summed E-state index contributed by atoms with van der Waals surface area (Å²) >= 11 is 0. The molecule has 0 aromatic heterocycles. The second-order valence-corrected chi connectivity index (χ2v) is 4.13. The molecule has 1 amide bonds. The molecule has 0 radical (unpaired) electrons. The molecule has 0 unspecified atom stereocenters. The Bertz CT molecular complexity index is 392. The molecule has 2 rings (SSSR count). The highest BCUT2D eigenvalue weighted by Gasteiger charge is 2.17. The van der Waals surface area contributed by atoms with Crippen molar-refractivity contribution in [2.45, 2.75) is 6.54 Å². The van der Waals surface area contributed by atoms with Crippen LogP contribution in [0.2, 0.25) is 0 Å². The molecule has 0 spiro atoms. The SMILES string of the molecule is NCc1ccc(OCCN2CCOCC2=O)cc1. The summed E-state index contributed by atoms with van der Waals surface area (Å²) in [7, 11) is 0. The molecule has 1 saturated heterocycles. The van der Waals surface area contributed by atoms with E-state index in [1.807, 2.05) is 24.3 Å². The number of nitrogens with zero attached hydrogens (tertiary/aromatic N) is 1. The minimum atomic E-state index is 0.0309. The zero-order chi connectivity index (χ0) is 12.8. The van der Waals surface area contributed by atoms with Crippen LogP contribution in [0.25, 0.3) is 0 Å². The first kappa shape index (κ1) is 12.9. The normalized spacial score (nSPS) is 15.8. The third-order valence-corrected chi connectivity index (χ3v) is 2.87. The van der Waals surface area contributed by atoms with Gasteiger partial charge >= 0.3 is 0 Å². The van der Waals surface area contributed by atoms with Crippen LogP contribution in [0.1, 0.15) is 5.56 Å². The topological polar surface area (TPSA) is 64.8 Å². The molecule has 0 aliphatic carbocycles. The van der Waals surface area contributed by atoms with E-state index in [0.29, 0.717) is 32.8 Å². The number of benzene rings is 1. The monoisotopic (exact) mass is 250 g/mol. The van der Waals surface area contributed by atoms with Crippen LogP contribution in [0, 0.1) is 0 Å². The predicted octanol–water partition coefficient (Wildman–Crippen LogP) is 0.383. The van der Waals surface area contributed by atoms with Crippen LogP contribution >= 0.6 is 0 Å². The lowest BCUT2D eigenvalue weighted by molar-refractivity contribution is -0.143. The molecule has 1 aliphatic heterocycles. The van der Waals surface area contributed by atoms with E-state index >= 15 is 0 Å². The highest BCUT2D eigenvalue weighted by Crippen LogP contribution is 2.11. The standard InChI is InChI=1S/C13H18N2O3/c14-9-11-1-3-12(4-2-11)18-8-6-15-5-7-17-10-13(15)16/h1-4H,5-10,14H2. The number of amides is 1. The summed E-state index contributed by atoms with van der Waals surface area (Å²) in [4.78, 5) is 13.2. The minimum Gasteiger partial charge on any atom is -0.492 e. The van der Waals surface area contributed by atoms with Gasteiger partial charge in [-0.15, -0.1) is 0 Å². The number of nitrogens with two attached hydrogens (primary N) is 1. The summed E-state index contributed by atoms with van der Waals surface area (Å²) in [5.74, 6) is 0.830. The third-order valence-electron chi connectivity index (χ3n) is 2.87. The van der Waals surface area contributed by atoms with E-state index in [2.05, 4.69) is 0 Å². The van der Waals surface area contributed by atoms with E-state index < -0.39 is 0 Å². The lowest BCUT2D eigenvalue weighted by Crippen LogP contribution is -2.43. The van der Waals surface area contributed by atoms with Crippen LogP contribution < -0.4 is 10.5 Å². The first-order valence-corrected chi connectivity index (χ1v) is 6.07. The van der Waals surface area contributed by atoms with Gasteiger partial charge < -0.3 is 20.1 Å². The molecule has 1 aromatic rings. The molecule has 0 atom stereocenters. The zero-order valence-corrected chi connectivity index (χ0v) is 10.3. The Kier molecular flexibility index (Phi) is 4.55. The molecule has 0 saturated carbocycles. The smallest absolute Gasteiger partial charge is 0.248 e. The van der Waals surface area contributed by atoms with Crippen molar-refractivity contribution < 1.29 is 14.3 Å². The van der Waals surface area contributed by atoms with Crippen LogP contribution in [0.4, 0.5) is 0 Å². The molecule has 1 heterocycles. The fraction of sp³-hybridized carbons (Fsp3) is 0.462. The summed E-state index contributed by atoms with van der Waals surface area (Å²) in [5.41, 5.74) is 6.59. The Hall–Kier alpha value is -1.59. The van der Waals surface area contributed by atoms with Gasteiger partial charge in [0.15, 0.2) is 0 Å². The number of morpholine rings is 1. The lowest BCUT2D eigenvalue weighted by atomic mass is 10.2. The average Bonchev–Trinajstić information content (AvgIpc) is 2.42. The van der Waals surface area contributed by atoms with Crippen LogP contribution in [0.15, 0.2) is 24.3 Å². The Morgan fingerprint density at radius 1 is 1.33 bits per heavy atom. The lowest BCUT2D eigenvalue weighted by Gasteiger charge is -2.26. The van der Waals surface area contributed by atoms with Crippen molar-refractivity contribution in [3.8, 4) is 5.75 Å². The Morgan fingerprint density at radius 2 is 2.11 bits per heavy atom. The predicted molar refractivity (Wildman–Crippen MR) is 67.2 cm³/mol. The molecule has 98 valence electrons.